The highest BCUT2D eigenvalue weighted by Gasteiger charge is 2.33. The van der Waals surface area contributed by atoms with Crippen LogP contribution in [0.3, 0.4) is 0 Å². The zero-order valence-corrected chi connectivity index (χ0v) is 16.5. The highest BCUT2D eigenvalue weighted by Crippen LogP contribution is 2.35. The lowest BCUT2D eigenvalue weighted by atomic mass is 10.1. The van der Waals surface area contributed by atoms with Gasteiger partial charge in [0.25, 0.3) is 5.91 Å². The summed E-state index contributed by atoms with van der Waals surface area (Å²) in [6.45, 7) is 0.0800. The Morgan fingerprint density at radius 3 is 2.32 bits per heavy atom. The molecular weight excluding hydrogens is 450 g/mol. The van der Waals surface area contributed by atoms with E-state index in [0.717, 1.165) is 24.3 Å². The second kappa shape index (κ2) is 9.42. The number of amides is 2. The summed E-state index contributed by atoms with van der Waals surface area (Å²) in [6, 6.07) is 7.03. The number of hydrogen-bond acceptors (Lipinski definition) is 2. The molecule has 0 radical (unpaired) electrons. The summed E-state index contributed by atoms with van der Waals surface area (Å²) in [5.74, 6) is -1.70. The first kappa shape index (κ1) is 24.3. The molecule has 2 aromatic carbocycles. The molecule has 2 rings (SSSR count). The summed E-state index contributed by atoms with van der Waals surface area (Å²) in [7, 11) is 0. The van der Waals surface area contributed by atoms with Gasteiger partial charge in [0.15, 0.2) is 0 Å². The van der Waals surface area contributed by atoms with E-state index in [9.17, 15) is 35.9 Å². The number of nitrogens with one attached hydrogen (secondary N) is 2. The van der Waals surface area contributed by atoms with E-state index in [2.05, 4.69) is 5.32 Å². The van der Waals surface area contributed by atoms with E-state index in [4.69, 9.17) is 11.6 Å². The molecule has 0 saturated carbocycles. The van der Waals surface area contributed by atoms with Crippen molar-refractivity contribution in [3.8, 4) is 0 Å². The van der Waals surface area contributed by atoms with E-state index in [0.29, 0.717) is 5.56 Å². The fourth-order valence-corrected chi connectivity index (χ4v) is 2.62. The van der Waals surface area contributed by atoms with Crippen LogP contribution in [0, 0.1) is 6.92 Å². The van der Waals surface area contributed by atoms with Crippen LogP contribution < -0.4 is 10.6 Å². The highest BCUT2D eigenvalue weighted by molar-refractivity contribution is 6.31. The summed E-state index contributed by atoms with van der Waals surface area (Å²) in [6.07, 6.45) is -7.13. The van der Waals surface area contributed by atoms with Gasteiger partial charge in [0.05, 0.1) is 10.6 Å². The van der Waals surface area contributed by atoms with Crippen molar-refractivity contribution < 1.29 is 35.9 Å². The van der Waals surface area contributed by atoms with Crippen molar-refractivity contribution in [1.82, 2.24) is 5.32 Å². The topological polar surface area (TPSA) is 58.2 Å². The van der Waals surface area contributed by atoms with Crippen LogP contribution >= 0.6 is 11.6 Å². The normalized spacial score (nSPS) is 12.1. The van der Waals surface area contributed by atoms with Gasteiger partial charge in [-0.2, -0.15) is 26.3 Å². The predicted molar refractivity (Wildman–Crippen MR) is 104 cm³/mol. The maximum Gasteiger partial charge on any atom is 0.417 e. The average Bonchev–Trinajstić information content (AvgIpc) is 2.65. The molecule has 0 aliphatic rings. The van der Waals surface area contributed by atoms with Crippen LogP contribution in [-0.4, -0.2) is 24.5 Å². The third-order valence-corrected chi connectivity index (χ3v) is 4.26. The van der Waals surface area contributed by atoms with Gasteiger partial charge < -0.3 is 10.6 Å². The lowest BCUT2D eigenvalue weighted by molar-refractivity contribution is -0.137. The van der Waals surface area contributed by atoms with Crippen molar-refractivity contribution in [3.63, 3.8) is 0 Å². The summed E-state index contributed by atoms with van der Waals surface area (Å²) >= 11 is 5.54. The number of benzene rings is 2. The van der Waals surface area contributed by atoms with Crippen LogP contribution in [0.25, 0.3) is 6.08 Å². The van der Waals surface area contributed by atoms with E-state index in [1.807, 2.05) is 0 Å². The highest BCUT2D eigenvalue weighted by atomic mass is 35.5. The van der Waals surface area contributed by atoms with Crippen molar-refractivity contribution in [2.75, 3.05) is 11.9 Å². The van der Waals surface area contributed by atoms with Gasteiger partial charge in [0.1, 0.15) is 6.54 Å². The van der Waals surface area contributed by atoms with Gasteiger partial charge >= 0.3 is 12.4 Å². The fourth-order valence-electron chi connectivity index (χ4n) is 2.39. The van der Waals surface area contributed by atoms with Gasteiger partial charge in [-0.25, -0.2) is 0 Å². The Kier molecular flexibility index (Phi) is 7.37. The molecule has 31 heavy (non-hydrogen) atoms. The number of rotatable bonds is 5. The summed E-state index contributed by atoms with van der Waals surface area (Å²) in [4.78, 5) is 24.0. The van der Waals surface area contributed by atoms with Crippen molar-refractivity contribution in [3.05, 3.63) is 69.8 Å². The van der Waals surface area contributed by atoms with Crippen LogP contribution in [-0.2, 0) is 11.0 Å². The number of halogens is 7. The molecule has 2 aromatic rings. The number of hydrogen-bond donors (Lipinski definition) is 2. The molecule has 0 aliphatic heterocycles. The molecule has 0 aromatic heterocycles. The molecule has 166 valence electrons. The first-order valence-electron chi connectivity index (χ1n) is 8.57. The van der Waals surface area contributed by atoms with Crippen molar-refractivity contribution >= 4 is 35.2 Å². The van der Waals surface area contributed by atoms with E-state index in [-0.39, 0.29) is 16.8 Å². The lowest BCUT2D eigenvalue weighted by Crippen LogP contribution is -2.33. The van der Waals surface area contributed by atoms with Crippen LogP contribution in [0.15, 0.2) is 42.5 Å². The predicted octanol–water partition coefficient (Wildman–Crippen LogP) is 5.61. The fraction of sp³-hybridized carbons (Fsp3) is 0.200. The van der Waals surface area contributed by atoms with E-state index in [1.165, 1.54) is 24.3 Å². The Hall–Kier alpha value is -3.01. The minimum atomic E-state index is -4.66. The number of carbonyl (C=O) groups excluding carboxylic acids is 2. The second-order valence-corrected chi connectivity index (χ2v) is 6.79. The van der Waals surface area contributed by atoms with Crippen molar-refractivity contribution in [2.45, 2.75) is 19.3 Å². The largest absolute Gasteiger partial charge is 0.417 e. The molecule has 0 fully saturated rings. The monoisotopic (exact) mass is 464 g/mol. The summed E-state index contributed by atoms with van der Waals surface area (Å²) in [5.41, 5.74) is -0.419. The molecule has 4 nitrogen and oxygen atoms in total. The molecule has 0 saturated heterocycles. The first-order chi connectivity index (χ1) is 14.3. The maximum absolute atomic E-state index is 12.9. The minimum absolute atomic E-state index is 0.0730. The smallest absolute Gasteiger partial charge is 0.343 e. The molecule has 0 aliphatic carbocycles. The molecule has 11 heteroatoms. The Labute approximate surface area is 177 Å². The zero-order valence-electron chi connectivity index (χ0n) is 15.8. The molecule has 2 N–H and O–H groups in total. The van der Waals surface area contributed by atoms with Gasteiger partial charge in [0.2, 0.25) is 5.91 Å². The Morgan fingerprint density at radius 2 is 1.71 bits per heavy atom. The van der Waals surface area contributed by atoms with Crippen LogP contribution in [0.5, 0.6) is 0 Å². The number of aryl methyl sites for hydroxylation is 1. The van der Waals surface area contributed by atoms with Crippen molar-refractivity contribution in [2.24, 2.45) is 0 Å². The third kappa shape index (κ3) is 7.32. The average molecular weight is 465 g/mol. The summed E-state index contributed by atoms with van der Waals surface area (Å²) in [5, 5.41) is 3.66. The number of anilines is 1. The molecule has 0 heterocycles. The van der Waals surface area contributed by atoms with Gasteiger partial charge in [-0.05, 0) is 48.4 Å². The molecule has 0 spiro atoms. The first-order valence-corrected chi connectivity index (χ1v) is 8.95. The number of alkyl halides is 6. The Bertz CT molecular complexity index is 1020. The van der Waals surface area contributed by atoms with Crippen LogP contribution in [0.4, 0.5) is 32.0 Å². The Balaban J connectivity index is 2.13. The van der Waals surface area contributed by atoms with Gasteiger partial charge in [-0.15, -0.1) is 0 Å². The zero-order chi connectivity index (χ0) is 23.4. The minimum Gasteiger partial charge on any atom is -0.343 e. The molecule has 0 atom stereocenters. The van der Waals surface area contributed by atoms with Crippen LogP contribution in [0.2, 0.25) is 5.02 Å². The van der Waals surface area contributed by atoms with E-state index < -0.39 is 41.3 Å². The maximum atomic E-state index is 12.9. The summed E-state index contributed by atoms with van der Waals surface area (Å²) < 4.78 is 75.4. The Morgan fingerprint density at radius 1 is 1.03 bits per heavy atom. The van der Waals surface area contributed by atoms with E-state index in [1.54, 1.807) is 12.2 Å². The molecule has 0 bridgehead atoms. The standard InChI is InChI=1S/C20H15ClF6N2O2/c1-11-2-5-13(18(31)28-10-19(22,23)24)9-16(11)29-17(30)7-4-12-3-6-15(21)14(8-12)20(25,26)27/h2-9H,10H2,1H3,(H,28,31)(H,29,30). The van der Waals surface area contributed by atoms with Gasteiger partial charge in [0, 0.05) is 17.3 Å². The van der Waals surface area contributed by atoms with Gasteiger partial charge in [-0.3, -0.25) is 9.59 Å². The quantitative estimate of drug-likeness (QED) is 0.446. The van der Waals surface area contributed by atoms with Crippen molar-refractivity contribution in [1.29, 1.82) is 0 Å². The molecule has 0 unspecified atom stereocenters. The van der Waals surface area contributed by atoms with E-state index >= 15 is 0 Å². The third-order valence-electron chi connectivity index (χ3n) is 3.93. The van der Waals surface area contributed by atoms with Crippen LogP contribution in [0.1, 0.15) is 27.0 Å². The number of carbonyl (C=O) groups is 2. The lowest BCUT2D eigenvalue weighted by Gasteiger charge is -2.11. The molecular formula is C20H15ClF6N2O2. The molecule has 2 amide bonds. The SMILES string of the molecule is Cc1ccc(C(=O)NCC(F)(F)F)cc1NC(=O)C=Cc1ccc(Cl)c(C(F)(F)F)c1. The van der Waals surface area contributed by atoms with Gasteiger partial charge in [-0.1, -0.05) is 23.7 Å². The second-order valence-electron chi connectivity index (χ2n) is 6.39.